The van der Waals surface area contributed by atoms with Crippen molar-refractivity contribution in [3.8, 4) is 23.3 Å². The van der Waals surface area contributed by atoms with Gasteiger partial charge < -0.3 is 14.6 Å². The lowest BCUT2D eigenvalue weighted by Crippen LogP contribution is -2.33. The van der Waals surface area contributed by atoms with Crippen LogP contribution in [-0.2, 0) is 0 Å². The number of hydrogen-bond donors (Lipinski definition) is 1. The van der Waals surface area contributed by atoms with Gasteiger partial charge in [0.2, 0.25) is 0 Å². The van der Waals surface area contributed by atoms with Gasteiger partial charge in [0.25, 0.3) is 5.91 Å². The third kappa shape index (κ3) is 4.18. The molecule has 0 saturated heterocycles. The van der Waals surface area contributed by atoms with Crippen LogP contribution in [0.4, 0.5) is 0 Å². The van der Waals surface area contributed by atoms with Crippen molar-refractivity contribution in [2.75, 3.05) is 0 Å². The first-order valence-electron chi connectivity index (χ1n) is 8.88. The fraction of sp³-hybridized carbons (Fsp3) is 0.182. The lowest BCUT2D eigenvalue weighted by atomic mass is 10.2. The van der Waals surface area contributed by atoms with Crippen LogP contribution in [-0.4, -0.2) is 16.5 Å². The van der Waals surface area contributed by atoms with E-state index in [2.05, 4.69) is 11.4 Å². The van der Waals surface area contributed by atoms with Crippen molar-refractivity contribution in [3.63, 3.8) is 0 Å². The molecular formula is C22H21N3O2. The number of amides is 1. The van der Waals surface area contributed by atoms with E-state index in [1.54, 1.807) is 16.8 Å². The molecule has 1 heterocycles. The summed E-state index contributed by atoms with van der Waals surface area (Å²) in [5, 5.41) is 12.3. The predicted octanol–water partition coefficient (Wildman–Crippen LogP) is 4.67. The number of hydrogen-bond acceptors (Lipinski definition) is 3. The highest BCUT2D eigenvalue weighted by Gasteiger charge is 2.19. The number of ether oxygens (including phenoxy) is 1. The van der Waals surface area contributed by atoms with Gasteiger partial charge in [-0.05, 0) is 55.8 Å². The molecule has 3 rings (SSSR count). The SMILES string of the molecule is CCC(C)NC(=O)c1c(C#N)ccn1-c1ccc(Oc2ccccc2)cc1. The molecule has 1 aromatic heterocycles. The molecule has 5 nitrogen and oxygen atoms in total. The van der Waals surface area contributed by atoms with Gasteiger partial charge in [0, 0.05) is 17.9 Å². The van der Waals surface area contributed by atoms with E-state index in [0.29, 0.717) is 17.0 Å². The van der Waals surface area contributed by atoms with Gasteiger partial charge in [-0.25, -0.2) is 0 Å². The number of para-hydroxylation sites is 1. The Morgan fingerprint density at radius 1 is 1.11 bits per heavy atom. The highest BCUT2D eigenvalue weighted by Crippen LogP contribution is 2.24. The number of rotatable bonds is 6. The number of carbonyl (C=O) groups is 1. The minimum atomic E-state index is -0.254. The van der Waals surface area contributed by atoms with Crippen molar-refractivity contribution in [2.45, 2.75) is 26.3 Å². The van der Waals surface area contributed by atoms with Crippen molar-refractivity contribution >= 4 is 5.91 Å². The quantitative estimate of drug-likeness (QED) is 0.695. The second-order valence-corrected chi connectivity index (χ2v) is 6.25. The van der Waals surface area contributed by atoms with Crippen LogP contribution >= 0.6 is 0 Å². The zero-order valence-corrected chi connectivity index (χ0v) is 15.3. The van der Waals surface area contributed by atoms with Crippen LogP contribution in [0.5, 0.6) is 11.5 Å². The second-order valence-electron chi connectivity index (χ2n) is 6.25. The summed E-state index contributed by atoms with van der Waals surface area (Å²) in [5.74, 6) is 1.20. The van der Waals surface area contributed by atoms with Gasteiger partial charge in [-0.15, -0.1) is 0 Å². The van der Waals surface area contributed by atoms with Crippen LogP contribution in [0.25, 0.3) is 5.69 Å². The minimum Gasteiger partial charge on any atom is -0.457 e. The van der Waals surface area contributed by atoms with Crippen molar-refractivity contribution < 1.29 is 9.53 Å². The zero-order chi connectivity index (χ0) is 19.2. The smallest absolute Gasteiger partial charge is 0.269 e. The molecule has 0 aliphatic heterocycles. The monoisotopic (exact) mass is 359 g/mol. The average molecular weight is 359 g/mol. The molecule has 0 bridgehead atoms. The van der Waals surface area contributed by atoms with E-state index in [0.717, 1.165) is 17.9 Å². The van der Waals surface area contributed by atoms with Gasteiger partial charge in [-0.3, -0.25) is 4.79 Å². The van der Waals surface area contributed by atoms with Crippen molar-refractivity contribution in [1.29, 1.82) is 5.26 Å². The number of nitrogens with zero attached hydrogens (tertiary/aromatic N) is 2. The van der Waals surface area contributed by atoms with Crippen LogP contribution in [0.15, 0.2) is 66.9 Å². The van der Waals surface area contributed by atoms with E-state index in [-0.39, 0.29) is 11.9 Å². The molecule has 0 aliphatic carbocycles. The van der Waals surface area contributed by atoms with E-state index >= 15 is 0 Å². The van der Waals surface area contributed by atoms with E-state index < -0.39 is 0 Å². The summed E-state index contributed by atoms with van der Waals surface area (Å²) in [6.45, 7) is 3.94. The molecule has 1 atom stereocenters. The summed E-state index contributed by atoms with van der Waals surface area (Å²) in [5.41, 5.74) is 1.47. The third-order valence-electron chi connectivity index (χ3n) is 4.31. The van der Waals surface area contributed by atoms with Gasteiger partial charge in [0.1, 0.15) is 23.3 Å². The molecule has 0 aliphatic rings. The number of nitrogens with one attached hydrogen (secondary N) is 1. The number of nitriles is 1. The van der Waals surface area contributed by atoms with Gasteiger partial charge in [0.15, 0.2) is 0 Å². The largest absolute Gasteiger partial charge is 0.457 e. The maximum absolute atomic E-state index is 12.6. The van der Waals surface area contributed by atoms with Gasteiger partial charge in [0.05, 0.1) is 5.56 Å². The lowest BCUT2D eigenvalue weighted by molar-refractivity contribution is 0.0932. The van der Waals surface area contributed by atoms with Gasteiger partial charge in [-0.2, -0.15) is 5.26 Å². The van der Waals surface area contributed by atoms with Crippen LogP contribution < -0.4 is 10.1 Å². The van der Waals surface area contributed by atoms with E-state index in [1.807, 2.05) is 68.4 Å². The Labute approximate surface area is 158 Å². The molecule has 1 unspecified atom stereocenters. The van der Waals surface area contributed by atoms with E-state index in [1.165, 1.54) is 0 Å². The van der Waals surface area contributed by atoms with E-state index in [4.69, 9.17) is 4.74 Å². The van der Waals surface area contributed by atoms with Crippen LogP contribution in [0.2, 0.25) is 0 Å². The highest BCUT2D eigenvalue weighted by molar-refractivity contribution is 5.96. The fourth-order valence-electron chi connectivity index (χ4n) is 2.66. The molecule has 2 aromatic carbocycles. The standard InChI is InChI=1S/C22H21N3O2/c1-3-16(2)24-22(26)21-17(15-23)13-14-25(21)18-9-11-20(12-10-18)27-19-7-5-4-6-8-19/h4-14,16H,3H2,1-2H3,(H,24,26). The first-order chi connectivity index (χ1) is 13.1. The Morgan fingerprint density at radius 3 is 2.41 bits per heavy atom. The molecule has 5 heteroatoms. The summed E-state index contributed by atoms with van der Waals surface area (Å²) in [6.07, 6.45) is 2.55. The maximum atomic E-state index is 12.6. The first-order valence-corrected chi connectivity index (χ1v) is 8.88. The lowest BCUT2D eigenvalue weighted by Gasteiger charge is -2.14. The molecule has 0 spiro atoms. The molecule has 27 heavy (non-hydrogen) atoms. The highest BCUT2D eigenvalue weighted by atomic mass is 16.5. The summed E-state index contributed by atoms with van der Waals surface area (Å²) < 4.78 is 7.52. The Bertz CT molecular complexity index is 953. The van der Waals surface area contributed by atoms with Crippen molar-refractivity contribution in [3.05, 3.63) is 78.1 Å². The van der Waals surface area contributed by atoms with Gasteiger partial charge in [-0.1, -0.05) is 25.1 Å². The summed E-state index contributed by atoms with van der Waals surface area (Å²) in [7, 11) is 0. The normalized spacial score (nSPS) is 11.4. The van der Waals surface area contributed by atoms with E-state index in [9.17, 15) is 10.1 Å². The Morgan fingerprint density at radius 2 is 1.78 bits per heavy atom. The topological polar surface area (TPSA) is 67.0 Å². The third-order valence-corrected chi connectivity index (χ3v) is 4.31. The van der Waals surface area contributed by atoms with Crippen LogP contribution in [0.1, 0.15) is 36.3 Å². The summed E-state index contributed by atoms with van der Waals surface area (Å²) >= 11 is 0. The zero-order valence-electron chi connectivity index (χ0n) is 15.3. The summed E-state index contributed by atoms with van der Waals surface area (Å²) in [6, 6.07) is 20.7. The van der Waals surface area contributed by atoms with Crippen molar-refractivity contribution in [1.82, 2.24) is 9.88 Å². The Balaban J connectivity index is 1.87. The van der Waals surface area contributed by atoms with Gasteiger partial charge >= 0.3 is 0 Å². The van der Waals surface area contributed by atoms with Crippen LogP contribution in [0, 0.1) is 11.3 Å². The summed E-state index contributed by atoms with van der Waals surface area (Å²) in [4.78, 5) is 12.6. The number of benzene rings is 2. The molecular weight excluding hydrogens is 338 g/mol. The Hall–Kier alpha value is -3.52. The number of carbonyl (C=O) groups excluding carboxylic acids is 1. The predicted molar refractivity (Wildman–Crippen MR) is 104 cm³/mol. The number of aromatic nitrogens is 1. The maximum Gasteiger partial charge on any atom is 0.269 e. The minimum absolute atomic E-state index is 0.0361. The fourth-order valence-corrected chi connectivity index (χ4v) is 2.66. The molecule has 3 aromatic rings. The molecule has 136 valence electrons. The molecule has 1 N–H and O–H groups in total. The molecule has 0 saturated carbocycles. The first kappa shape index (κ1) is 18.3. The second kappa shape index (κ2) is 8.24. The average Bonchev–Trinajstić information content (AvgIpc) is 3.13. The Kier molecular flexibility index (Phi) is 5.58. The van der Waals surface area contributed by atoms with Crippen molar-refractivity contribution in [2.24, 2.45) is 0 Å². The molecule has 0 radical (unpaired) electrons. The molecule has 0 fully saturated rings. The van der Waals surface area contributed by atoms with Crippen LogP contribution in [0.3, 0.4) is 0 Å². The molecule has 1 amide bonds.